The topological polar surface area (TPSA) is 3.24 Å². The SMILES string of the molecule is c1ccc(N(c2ccccc2)c2ccc(-c3cc(-c4ccc5c(c4)sc4ccccc45)cc(-c4ccc5c(c4)sc4ccccc45)c3)cc2)cc1. The van der Waals surface area contributed by atoms with Gasteiger partial charge in [-0.15, -0.1) is 22.7 Å². The molecule has 1 nitrogen and oxygen atoms in total. The van der Waals surface area contributed by atoms with Crippen molar-refractivity contribution in [1.29, 1.82) is 0 Å². The Bertz CT molecular complexity index is 2680. The molecule has 0 radical (unpaired) electrons. The summed E-state index contributed by atoms with van der Waals surface area (Å²) in [6.45, 7) is 0. The molecule has 2 aromatic heterocycles. The van der Waals surface area contributed by atoms with Gasteiger partial charge in [-0.1, -0.05) is 109 Å². The summed E-state index contributed by atoms with van der Waals surface area (Å²) < 4.78 is 5.30. The fraction of sp³-hybridized carbons (Fsp3) is 0. The highest BCUT2D eigenvalue weighted by Gasteiger charge is 2.15. The quantitative estimate of drug-likeness (QED) is 0.168. The largest absolute Gasteiger partial charge is 0.311 e. The zero-order valence-electron chi connectivity index (χ0n) is 27.7. The first kappa shape index (κ1) is 29.9. The van der Waals surface area contributed by atoms with E-state index in [0.29, 0.717) is 0 Å². The van der Waals surface area contributed by atoms with Gasteiger partial charge in [0.05, 0.1) is 0 Å². The molecule has 0 atom stereocenters. The summed E-state index contributed by atoms with van der Waals surface area (Å²) in [5, 5.41) is 5.30. The zero-order chi connectivity index (χ0) is 33.7. The summed E-state index contributed by atoms with van der Waals surface area (Å²) in [6, 6.07) is 68.7. The van der Waals surface area contributed by atoms with Crippen molar-refractivity contribution in [2.24, 2.45) is 0 Å². The van der Waals surface area contributed by atoms with E-state index in [4.69, 9.17) is 0 Å². The monoisotopic (exact) mass is 685 g/mol. The number of hydrogen-bond donors (Lipinski definition) is 0. The number of benzene rings is 8. The van der Waals surface area contributed by atoms with E-state index in [9.17, 15) is 0 Å². The first-order valence-corrected chi connectivity index (χ1v) is 18.9. The van der Waals surface area contributed by atoms with Gasteiger partial charge in [0.1, 0.15) is 0 Å². The summed E-state index contributed by atoms with van der Waals surface area (Å²) in [6.07, 6.45) is 0. The van der Waals surface area contributed by atoms with E-state index in [1.54, 1.807) is 0 Å². The second-order valence-electron chi connectivity index (χ2n) is 13.0. The van der Waals surface area contributed by atoms with Crippen molar-refractivity contribution in [1.82, 2.24) is 0 Å². The molecular formula is C48H31NS2. The van der Waals surface area contributed by atoms with Crippen LogP contribution in [0.1, 0.15) is 0 Å². The van der Waals surface area contributed by atoms with Gasteiger partial charge in [0.2, 0.25) is 0 Å². The van der Waals surface area contributed by atoms with Crippen molar-refractivity contribution in [3.63, 3.8) is 0 Å². The van der Waals surface area contributed by atoms with Crippen LogP contribution in [0.5, 0.6) is 0 Å². The Kier molecular flexibility index (Phi) is 7.26. The van der Waals surface area contributed by atoms with Crippen molar-refractivity contribution in [3.05, 3.63) is 188 Å². The highest BCUT2D eigenvalue weighted by atomic mass is 32.1. The predicted molar refractivity (Wildman–Crippen MR) is 223 cm³/mol. The Hall–Kier alpha value is -6.00. The summed E-state index contributed by atoms with van der Waals surface area (Å²) in [7, 11) is 0. The molecule has 0 aliphatic rings. The van der Waals surface area contributed by atoms with Crippen molar-refractivity contribution in [2.45, 2.75) is 0 Å². The number of hydrogen-bond acceptors (Lipinski definition) is 3. The molecule has 3 heteroatoms. The first-order valence-electron chi connectivity index (χ1n) is 17.2. The molecule has 0 amide bonds. The third-order valence-corrected chi connectivity index (χ3v) is 12.1. The Morgan fingerprint density at radius 2 is 0.627 bits per heavy atom. The minimum atomic E-state index is 1.12. The van der Waals surface area contributed by atoms with Crippen molar-refractivity contribution >= 4 is 80.1 Å². The molecule has 0 aliphatic heterocycles. The predicted octanol–water partition coefficient (Wildman–Crippen LogP) is 14.9. The van der Waals surface area contributed by atoms with Crippen LogP contribution >= 0.6 is 22.7 Å². The van der Waals surface area contributed by atoms with Crippen LogP contribution in [0.3, 0.4) is 0 Å². The Labute approximate surface area is 304 Å². The average Bonchev–Trinajstić information content (AvgIpc) is 3.76. The van der Waals surface area contributed by atoms with E-state index in [-0.39, 0.29) is 0 Å². The first-order chi connectivity index (χ1) is 25.2. The summed E-state index contributed by atoms with van der Waals surface area (Å²) in [5.74, 6) is 0. The van der Waals surface area contributed by atoms with Gasteiger partial charge >= 0.3 is 0 Å². The fourth-order valence-corrected chi connectivity index (χ4v) is 9.63. The van der Waals surface area contributed by atoms with Crippen LogP contribution in [0.25, 0.3) is 73.7 Å². The number of fused-ring (bicyclic) bond motifs is 6. The van der Waals surface area contributed by atoms with Gasteiger partial charge < -0.3 is 4.90 Å². The smallest absolute Gasteiger partial charge is 0.0462 e. The normalized spacial score (nSPS) is 11.5. The van der Waals surface area contributed by atoms with Crippen LogP contribution in [0.4, 0.5) is 17.1 Å². The summed E-state index contributed by atoms with van der Waals surface area (Å²) in [5.41, 5.74) is 10.7. The minimum Gasteiger partial charge on any atom is -0.311 e. The van der Waals surface area contributed by atoms with Crippen molar-refractivity contribution in [2.75, 3.05) is 4.90 Å². The van der Waals surface area contributed by atoms with Crippen molar-refractivity contribution < 1.29 is 0 Å². The maximum Gasteiger partial charge on any atom is 0.0462 e. The second kappa shape index (κ2) is 12.4. The fourth-order valence-electron chi connectivity index (χ4n) is 7.34. The third-order valence-electron chi connectivity index (χ3n) is 9.84. The number of nitrogens with zero attached hydrogens (tertiary/aromatic N) is 1. The van der Waals surface area contributed by atoms with Crippen LogP contribution in [-0.4, -0.2) is 0 Å². The van der Waals surface area contributed by atoms with Gasteiger partial charge in [-0.05, 0) is 112 Å². The van der Waals surface area contributed by atoms with Gasteiger partial charge in [0.25, 0.3) is 0 Å². The van der Waals surface area contributed by atoms with E-state index >= 15 is 0 Å². The van der Waals surface area contributed by atoms with E-state index in [1.807, 2.05) is 22.7 Å². The standard InChI is InChI=1S/C48H31NS2/c1-3-11-38(12-4-1)49(39-13-5-2-6-14-39)40-23-19-32(20-24-40)35-27-36(33-21-25-43-41-15-7-9-17-45(41)50-47(43)30-33)29-37(28-35)34-22-26-44-42-16-8-10-18-46(42)51-48(44)31-34/h1-31H. The number of thiophene rings is 2. The lowest BCUT2D eigenvalue weighted by Crippen LogP contribution is -2.09. The molecular weight excluding hydrogens is 655 g/mol. The van der Waals surface area contributed by atoms with Gasteiger partial charge in [-0.3, -0.25) is 0 Å². The average molecular weight is 686 g/mol. The second-order valence-corrected chi connectivity index (χ2v) is 15.1. The van der Waals surface area contributed by atoms with E-state index in [2.05, 4.69) is 193 Å². The molecule has 0 unspecified atom stereocenters. The zero-order valence-corrected chi connectivity index (χ0v) is 29.3. The van der Waals surface area contributed by atoms with Gasteiger partial charge in [-0.25, -0.2) is 0 Å². The van der Waals surface area contributed by atoms with Crippen LogP contribution in [0.15, 0.2) is 188 Å². The minimum absolute atomic E-state index is 1.12. The summed E-state index contributed by atoms with van der Waals surface area (Å²) >= 11 is 3.74. The van der Waals surface area contributed by atoms with E-state index < -0.39 is 0 Å². The molecule has 2 heterocycles. The van der Waals surface area contributed by atoms with E-state index in [1.165, 1.54) is 73.7 Å². The molecule has 240 valence electrons. The highest BCUT2D eigenvalue weighted by molar-refractivity contribution is 7.26. The Morgan fingerprint density at radius 1 is 0.255 bits per heavy atom. The number of para-hydroxylation sites is 2. The molecule has 0 spiro atoms. The molecule has 0 fully saturated rings. The molecule has 8 aromatic carbocycles. The molecule has 10 rings (SSSR count). The van der Waals surface area contributed by atoms with Gasteiger partial charge in [-0.2, -0.15) is 0 Å². The van der Waals surface area contributed by atoms with Crippen LogP contribution < -0.4 is 4.90 Å². The van der Waals surface area contributed by atoms with Gasteiger partial charge in [0.15, 0.2) is 0 Å². The number of anilines is 3. The lowest BCUT2D eigenvalue weighted by atomic mass is 9.92. The van der Waals surface area contributed by atoms with Gasteiger partial charge in [0, 0.05) is 57.4 Å². The highest BCUT2D eigenvalue weighted by Crippen LogP contribution is 2.41. The van der Waals surface area contributed by atoms with Crippen molar-refractivity contribution in [3.8, 4) is 33.4 Å². The molecule has 51 heavy (non-hydrogen) atoms. The number of rotatable bonds is 6. The van der Waals surface area contributed by atoms with Crippen LogP contribution in [-0.2, 0) is 0 Å². The van der Waals surface area contributed by atoms with Crippen LogP contribution in [0, 0.1) is 0 Å². The summed E-state index contributed by atoms with van der Waals surface area (Å²) in [4.78, 5) is 2.31. The van der Waals surface area contributed by atoms with Crippen LogP contribution in [0.2, 0.25) is 0 Å². The third kappa shape index (κ3) is 5.39. The molecule has 0 bridgehead atoms. The maximum atomic E-state index is 2.37. The Balaban J connectivity index is 1.11. The molecule has 0 saturated heterocycles. The molecule has 10 aromatic rings. The molecule has 0 saturated carbocycles. The van der Waals surface area contributed by atoms with E-state index in [0.717, 1.165) is 17.1 Å². The molecule has 0 aliphatic carbocycles. The Morgan fingerprint density at radius 3 is 1.12 bits per heavy atom. The maximum absolute atomic E-state index is 2.37. The molecule has 0 N–H and O–H groups in total. The lowest BCUT2D eigenvalue weighted by Gasteiger charge is -2.25. The lowest BCUT2D eigenvalue weighted by molar-refractivity contribution is 1.28.